The number of nitrogens with zero attached hydrogens (tertiary/aromatic N) is 2. The molecule has 3 nitrogen and oxygen atoms in total. The molecule has 2 aromatic carbocycles. The van der Waals surface area contributed by atoms with Crippen molar-refractivity contribution >= 4 is 61.3 Å². The number of rotatable bonds is 4. The van der Waals surface area contributed by atoms with Gasteiger partial charge in [0, 0.05) is 15.4 Å². The molecule has 0 bridgehead atoms. The van der Waals surface area contributed by atoms with Crippen molar-refractivity contribution in [3.8, 4) is 11.3 Å². The van der Waals surface area contributed by atoms with Crippen LogP contribution >= 0.6 is 50.5 Å². The van der Waals surface area contributed by atoms with E-state index < -0.39 is 0 Å². The van der Waals surface area contributed by atoms with Crippen LogP contribution in [-0.4, -0.2) is 10.7 Å². The largest absolute Gasteiger partial charge is 0.252 e. The molecule has 0 aliphatic carbocycles. The maximum Gasteiger partial charge on any atom is 0.203 e. The third-order valence-corrected chi connectivity index (χ3v) is 5.32. The summed E-state index contributed by atoms with van der Waals surface area (Å²) in [6.45, 7) is 1.90. The van der Waals surface area contributed by atoms with Gasteiger partial charge in [-0.1, -0.05) is 57.3 Å². The number of hydrogen-bond donors (Lipinski definition) is 1. The molecule has 1 aromatic heterocycles. The first-order valence-corrected chi connectivity index (χ1v) is 9.43. The summed E-state index contributed by atoms with van der Waals surface area (Å²) in [5, 5.41) is 8.12. The van der Waals surface area contributed by atoms with Gasteiger partial charge < -0.3 is 0 Å². The molecule has 0 aliphatic rings. The predicted molar refractivity (Wildman–Crippen MR) is 108 cm³/mol. The first-order valence-electron chi connectivity index (χ1n) is 7.00. The number of thiazole rings is 1. The minimum absolute atomic E-state index is 0.510. The Morgan fingerprint density at radius 1 is 1.12 bits per heavy atom. The second-order valence-corrected chi connectivity index (χ2v) is 7.57. The van der Waals surface area contributed by atoms with Crippen molar-refractivity contribution in [1.29, 1.82) is 0 Å². The molecule has 0 saturated carbocycles. The van der Waals surface area contributed by atoms with Crippen LogP contribution in [-0.2, 0) is 0 Å². The van der Waals surface area contributed by atoms with E-state index in [-0.39, 0.29) is 0 Å². The summed E-state index contributed by atoms with van der Waals surface area (Å²) in [6, 6.07) is 13.5. The maximum absolute atomic E-state index is 6.04. The van der Waals surface area contributed by atoms with Crippen LogP contribution in [0.15, 0.2) is 57.4 Å². The molecule has 0 radical (unpaired) electrons. The zero-order chi connectivity index (χ0) is 17.1. The quantitative estimate of drug-likeness (QED) is 0.361. The molecule has 0 saturated heterocycles. The van der Waals surface area contributed by atoms with E-state index in [2.05, 4.69) is 31.4 Å². The van der Waals surface area contributed by atoms with Gasteiger partial charge in [-0.2, -0.15) is 5.10 Å². The van der Waals surface area contributed by atoms with E-state index in [4.69, 9.17) is 23.2 Å². The van der Waals surface area contributed by atoms with E-state index in [0.29, 0.717) is 10.0 Å². The molecular formula is C17H12BrCl2N3S. The molecular weight excluding hydrogens is 429 g/mol. The van der Waals surface area contributed by atoms with E-state index in [1.807, 2.05) is 42.6 Å². The first kappa shape index (κ1) is 17.4. The summed E-state index contributed by atoms with van der Waals surface area (Å²) in [5.74, 6) is 0. The maximum atomic E-state index is 6.04. The molecule has 1 N–H and O–H groups in total. The average molecular weight is 441 g/mol. The van der Waals surface area contributed by atoms with E-state index in [1.165, 1.54) is 11.3 Å². The van der Waals surface area contributed by atoms with Crippen molar-refractivity contribution in [3.63, 3.8) is 0 Å². The summed E-state index contributed by atoms with van der Waals surface area (Å²) in [7, 11) is 0. The molecule has 24 heavy (non-hydrogen) atoms. The second-order valence-electron chi connectivity index (χ2n) is 4.98. The number of halogens is 3. The zero-order valence-corrected chi connectivity index (χ0v) is 16.5. The third-order valence-electron chi connectivity index (χ3n) is 3.30. The van der Waals surface area contributed by atoms with E-state index >= 15 is 0 Å². The highest BCUT2D eigenvalue weighted by Crippen LogP contribution is 2.26. The predicted octanol–water partition coefficient (Wildman–Crippen LogP) is 6.72. The van der Waals surface area contributed by atoms with Crippen molar-refractivity contribution in [2.24, 2.45) is 5.10 Å². The molecule has 0 unspecified atom stereocenters. The highest BCUT2D eigenvalue weighted by Gasteiger charge is 2.05. The molecule has 0 aliphatic heterocycles. The van der Waals surface area contributed by atoms with Gasteiger partial charge in [-0.25, -0.2) is 4.98 Å². The Morgan fingerprint density at radius 3 is 2.58 bits per heavy atom. The second kappa shape index (κ2) is 7.66. The lowest BCUT2D eigenvalue weighted by Crippen LogP contribution is -1.99. The van der Waals surface area contributed by atoms with Crippen molar-refractivity contribution in [1.82, 2.24) is 4.98 Å². The lowest BCUT2D eigenvalue weighted by Gasteiger charge is -2.03. The van der Waals surface area contributed by atoms with Crippen LogP contribution in [0.3, 0.4) is 0 Å². The van der Waals surface area contributed by atoms with Crippen LogP contribution in [0.1, 0.15) is 12.5 Å². The van der Waals surface area contributed by atoms with Gasteiger partial charge in [-0.15, -0.1) is 11.3 Å². The Hall–Kier alpha value is -1.40. The fourth-order valence-corrected chi connectivity index (χ4v) is 3.22. The van der Waals surface area contributed by atoms with Crippen LogP contribution in [0.25, 0.3) is 11.3 Å². The van der Waals surface area contributed by atoms with E-state index in [1.54, 1.807) is 12.1 Å². The summed E-state index contributed by atoms with van der Waals surface area (Å²) < 4.78 is 1.04. The normalized spacial score (nSPS) is 11.6. The standard InChI is InChI=1S/C17H12BrCl2N3S/c1-10(12-4-7-14(19)15(20)8-12)22-23-17-21-16(9-24-17)11-2-5-13(18)6-3-11/h2-9H,1H3,(H,21,23)/b22-10+. The Kier molecular flexibility index (Phi) is 5.56. The highest BCUT2D eigenvalue weighted by molar-refractivity contribution is 9.10. The Balaban J connectivity index is 1.74. The van der Waals surface area contributed by atoms with Crippen molar-refractivity contribution in [2.75, 3.05) is 5.43 Å². The van der Waals surface area contributed by atoms with Crippen molar-refractivity contribution in [2.45, 2.75) is 6.92 Å². The SMILES string of the molecule is C/C(=N\Nc1nc(-c2ccc(Br)cc2)cs1)c1ccc(Cl)c(Cl)c1. The third kappa shape index (κ3) is 4.16. The van der Waals surface area contributed by atoms with Gasteiger partial charge >= 0.3 is 0 Å². The Labute approximate surface area is 162 Å². The molecule has 0 atom stereocenters. The van der Waals surface area contributed by atoms with Gasteiger partial charge in [-0.3, -0.25) is 5.43 Å². The van der Waals surface area contributed by atoms with Gasteiger partial charge in [0.1, 0.15) is 0 Å². The average Bonchev–Trinajstić information content (AvgIpc) is 3.05. The lowest BCUT2D eigenvalue weighted by molar-refractivity contribution is 1.27. The van der Waals surface area contributed by atoms with Crippen LogP contribution in [0.2, 0.25) is 10.0 Å². The number of aromatic nitrogens is 1. The fourth-order valence-electron chi connectivity index (χ4n) is 2.00. The van der Waals surface area contributed by atoms with Crippen LogP contribution in [0.5, 0.6) is 0 Å². The molecule has 3 aromatic rings. The smallest absolute Gasteiger partial charge is 0.203 e. The van der Waals surface area contributed by atoms with Gasteiger partial charge in [0.25, 0.3) is 0 Å². The van der Waals surface area contributed by atoms with E-state index in [9.17, 15) is 0 Å². The van der Waals surface area contributed by atoms with Gasteiger partial charge in [-0.05, 0) is 36.8 Å². The van der Waals surface area contributed by atoms with Gasteiger partial charge in [0.2, 0.25) is 5.13 Å². The van der Waals surface area contributed by atoms with Gasteiger partial charge in [0.05, 0.1) is 21.5 Å². The van der Waals surface area contributed by atoms with Crippen molar-refractivity contribution < 1.29 is 0 Å². The van der Waals surface area contributed by atoms with Crippen LogP contribution in [0.4, 0.5) is 5.13 Å². The molecule has 0 amide bonds. The highest BCUT2D eigenvalue weighted by atomic mass is 79.9. The number of benzene rings is 2. The van der Waals surface area contributed by atoms with Gasteiger partial charge in [0.15, 0.2) is 0 Å². The molecule has 122 valence electrons. The zero-order valence-electron chi connectivity index (χ0n) is 12.6. The minimum atomic E-state index is 0.510. The molecule has 0 fully saturated rings. The summed E-state index contributed by atoms with van der Waals surface area (Å²) >= 11 is 16.9. The molecule has 7 heteroatoms. The minimum Gasteiger partial charge on any atom is -0.252 e. The number of anilines is 1. The molecule has 1 heterocycles. The lowest BCUT2D eigenvalue weighted by atomic mass is 10.1. The molecule has 3 rings (SSSR count). The Morgan fingerprint density at radius 2 is 1.88 bits per heavy atom. The monoisotopic (exact) mass is 439 g/mol. The van der Waals surface area contributed by atoms with Crippen LogP contribution < -0.4 is 5.43 Å². The first-order chi connectivity index (χ1) is 11.5. The number of hydrazone groups is 1. The fraction of sp³-hybridized carbons (Fsp3) is 0.0588. The topological polar surface area (TPSA) is 37.3 Å². The number of nitrogens with one attached hydrogen (secondary N) is 1. The number of hydrogen-bond acceptors (Lipinski definition) is 4. The van der Waals surface area contributed by atoms with Crippen molar-refractivity contribution in [3.05, 3.63) is 67.9 Å². The molecule has 0 spiro atoms. The summed E-state index contributed by atoms with van der Waals surface area (Å²) in [6.07, 6.45) is 0. The Bertz CT molecular complexity index is 891. The summed E-state index contributed by atoms with van der Waals surface area (Å²) in [4.78, 5) is 4.55. The van der Waals surface area contributed by atoms with Crippen LogP contribution in [0, 0.1) is 0 Å². The van der Waals surface area contributed by atoms with E-state index in [0.717, 1.165) is 32.1 Å². The summed E-state index contributed by atoms with van der Waals surface area (Å²) in [5.41, 5.74) is 6.67.